The molecule has 1 aromatic heterocycles. The molecule has 0 fully saturated rings. The van der Waals surface area contributed by atoms with Crippen LogP contribution in [0.25, 0.3) is 6.08 Å². The van der Waals surface area contributed by atoms with Gasteiger partial charge in [-0.15, -0.1) is 10.2 Å². The molecule has 1 heterocycles. The van der Waals surface area contributed by atoms with Crippen LogP contribution in [0, 0.1) is 13.8 Å². The lowest BCUT2D eigenvalue weighted by Gasteiger charge is -2.12. The molecule has 196 valence electrons. The van der Waals surface area contributed by atoms with E-state index >= 15 is 0 Å². The number of carbonyl (C=O) groups excluding carboxylic acids is 2. The van der Waals surface area contributed by atoms with E-state index in [1.54, 1.807) is 32.4 Å². The van der Waals surface area contributed by atoms with E-state index in [0.717, 1.165) is 26.9 Å². The zero-order valence-electron chi connectivity index (χ0n) is 21.4. The highest BCUT2D eigenvalue weighted by atomic mass is 79.9. The van der Waals surface area contributed by atoms with Crippen molar-refractivity contribution in [3.8, 4) is 11.5 Å². The molecule has 0 saturated carbocycles. The van der Waals surface area contributed by atoms with Crippen LogP contribution in [0.5, 0.6) is 11.5 Å². The van der Waals surface area contributed by atoms with E-state index in [-0.39, 0.29) is 24.1 Å². The van der Waals surface area contributed by atoms with Gasteiger partial charge in [0, 0.05) is 22.8 Å². The molecule has 0 spiro atoms. The Labute approximate surface area is 229 Å². The minimum atomic E-state index is -0.269. The number of rotatable bonds is 11. The fourth-order valence-corrected chi connectivity index (χ4v) is 4.72. The topological polar surface area (TPSA) is 107 Å². The van der Waals surface area contributed by atoms with Gasteiger partial charge in [-0.1, -0.05) is 33.8 Å². The number of nitrogens with zero attached hydrogens (tertiary/aromatic N) is 3. The Balaban J connectivity index is 1.55. The van der Waals surface area contributed by atoms with Crippen LogP contribution in [-0.2, 0) is 22.7 Å². The van der Waals surface area contributed by atoms with E-state index in [9.17, 15) is 9.59 Å². The zero-order valence-corrected chi connectivity index (χ0v) is 23.8. The lowest BCUT2D eigenvalue weighted by Crippen LogP contribution is -2.22. The number of carbonyl (C=O) groups is 2. The van der Waals surface area contributed by atoms with Crippen molar-refractivity contribution >= 4 is 51.3 Å². The van der Waals surface area contributed by atoms with Gasteiger partial charge in [0.15, 0.2) is 22.5 Å². The molecule has 2 aromatic carbocycles. The molecule has 3 aromatic rings. The molecule has 9 nitrogen and oxygen atoms in total. The Kier molecular flexibility index (Phi) is 10.2. The lowest BCUT2D eigenvalue weighted by molar-refractivity contribution is -0.116. The summed E-state index contributed by atoms with van der Waals surface area (Å²) in [4.78, 5) is 24.9. The minimum absolute atomic E-state index is 0.129. The lowest BCUT2D eigenvalue weighted by atomic mass is 10.1. The molecule has 11 heteroatoms. The van der Waals surface area contributed by atoms with Crippen molar-refractivity contribution in [3.05, 3.63) is 63.4 Å². The first-order valence-corrected chi connectivity index (χ1v) is 13.3. The number of benzene rings is 2. The van der Waals surface area contributed by atoms with Crippen LogP contribution in [0.15, 0.2) is 46.0 Å². The number of methoxy groups -OCH3 is 2. The summed E-state index contributed by atoms with van der Waals surface area (Å²) < 4.78 is 13.4. The third-order valence-electron chi connectivity index (χ3n) is 5.69. The maximum atomic E-state index is 12.5. The van der Waals surface area contributed by atoms with Gasteiger partial charge >= 0.3 is 0 Å². The van der Waals surface area contributed by atoms with Gasteiger partial charge in [0.25, 0.3) is 0 Å². The average molecular weight is 589 g/mol. The van der Waals surface area contributed by atoms with E-state index in [1.165, 1.54) is 17.8 Å². The Morgan fingerprint density at radius 1 is 1.08 bits per heavy atom. The van der Waals surface area contributed by atoms with Gasteiger partial charge in [-0.3, -0.25) is 9.59 Å². The van der Waals surface area contributed by atoms with Crippen LogP contribution in [0.4, 0.5) is 5.69 Å². The van der Waals surface area contributed by atoms with Gasteiger partial charge < -0.3 is 24.7 Å². The Hall–Kier alpha value is -3.31. The summed E-state index contributed by atoms with van der Waals surface area (Å²) in [7, 11) is 3.13. The number of thioether (sulfide) groups is 1. The fourth-order valence-electron chi connectivity index (χ4n) is 3.47. The average Bonchev–Trinajstić information content (AvgIpc) is 3.31. The number of anilines is 1. The summed E-state index contributed by atoms with van der Waals surface area (Å²) in [5.41, 5.74) is 3.69. The number of amides is 2. The molecule has 2 N–H and O–H groups in total. The number of halogens is 1. The quantitative estimate of drug-likeness (QED) is 0.246. The molecule has 0 bridgehead atoms. The number of nitrogens with one attached hydrogen (secondary N) is 2. The molecular formula is C26H30BrN5O4S. The number of aromatic nitrogens is 3. The molecule has 0 aliphatic carbocycles. The Bertz CT molecular complexity index is 1310. The van der Waals surface area contributed by atoms with Crippen molar-refractivity contribution in [1.82, 2.24) is 20.1 Å². The van der Waals surface area contributed by atoms with Crippen LogP contribution in [-0.4, -0.2) is 46.6 Å². The van der Waals surface area contributed by atoms with E-state index in [0.29, 0.717) is 29.0 Å². The molecule has 2 amide bonds. The predicted octanol–water partition coefficient (Wildman–Crippen LogP) is 4.75. The monoisotopic (exact) mass is 587 g/mol. The molecular weight excluding hydrogens is 558 g/mol. The number of hydrogen-bond acceptors (Lipinski definition) is 7. The Morgan fingerprint density at radius 3 is 2.54 bits per heavy atom. The first kappa shape index (κ1) is 28.3. The van der Waals surface area contributed by atoms with Crippen LogP contribution < -0.4 is 20.1 Å². The van der Waals surface area contributed by atoms with Crippen LogP contribution >= 0.6 is 27.7 Å². The fraction of sp³-hybridized carbons (Fsp3) is 0.308. The van der Waals surface area contributed by atoms with Gasteiger partial charge in [0.2, 0.25) is 11.8 Å². The van der Waals surface area contributed by atoms with Gasteiger partial charge in [-0.25, -0.2) is 0 Å². The largest absolute Gasteiger partial charge is 0.493 e. The minimum Gasteiger partial charge on any atom is -0.493 e. The summed E-state index contributed by atoms with van der Waals surface area (Å²) in [6.07, 6.45) is 3.14. The second-order valence-electron chi connectivity index (χ2n) is 7.99. The number of hydrogen-bond donors (Lipinski definition) is 2. The SMILES string of the molecule is CCn1c(CNC(=O)C=Cc2ccc(OC)c(OC)c2)nnc1SCC(=O)Nc1ccc(Br)c(C)c1C. The zero-order chi connectivity index (χ0) is 26.9. The second kappa shape index (κ2) is 13.3. The normalized spacial score (nSPS) is 11.0. The molecule has 0 atom stereocenters. The van der Waals surface area contributed by atoms with Gasteiger partial charge in [-0.2, -0.15) is 0 Å². The van der Waals surface area contributed by atoms with Crippen molar-refractivity contribution in [2.75, 3.05) is 25.3 Å². The molecule has 0 unspecified atom stereocenters. The van der Waals surface area contributed by atoms with Gasteiger partial charge in [0.05, 0.1) is 26.5 Å². The highest BCUT2D eigenvalue weighted by molar-refractivity contribution is 9.10. The first-order valence-electron chi connectivity index (χ1n) is 11.6. The molecule has 3 rings (SSSR count). The van der Waals surface area contributed by atoms with Crippen molar-refractivity contribution in [1.29, 1.82) is 0 Å². The highest BCUT2D eigenvalue weighted by Crippen LogP contribution is 2.28. The summed E-state index contributed by atoms with van der Waals surface area (Å²) in [5.74, 6) is 1.60. The summed E-state index contributed by atoms with van der Waals surface area (Å²) >= 11 is 4.80. The van der Waals surface area contributed by atoms with Crippen LogP contribution in [0.1, 0.15) is 29.4 Å². The molecule has 0 saturated heterocycles. The van der Waals surface area contributed by atoms with E-state index in [1.807, 2.05) is 43.5 Å². The van der Waals surface area contributed by atoms with E-state index in [2.05, 4.69) is 36.8 Å². The van der Waals surface area contributed by atoms with Crippen molar-refractivity contribution in [2.45, 2.75) is 39.0 Å². The maximum Gasteiger partial charge on any atom is 0.244 e. The summed E-state index contributed by atoms with van der Waals surface area (Å²) in [5, 5.41) is 14.8. The van der Waals surface area contributed by atoms with Gasteiger partial charge in [0.1, 0.15) is 0 Å². The second-order valence-corrected chi connectivity index (χ2v) is 9.79. The van der Waals surface area contributed by atoms with Crippen molar-refractivity contribution in [3.63, 3.8) is 0 Å². The highest BCUT2D eigenvalue weighted by Gasteiger charge is 2.15. The predicted molar refractivity (Wildman–Crippen MR) is 149 cm³/mol. The van der Waals surface area contributed by atoms with Crippen molar-refractivity contribution < 1.29 is 19.1 Å². The molecule has 0 aliphatic rings. The van der Waals surface area contributed by atoms with Crippen LogP contribution in [0.3, 0.4) is 0 Å². The van der Waals surface area contributed by atoms with E-state index < -0.39 is 0 Å². The molecule has 0 radical (unpaired) electrons. The summed E-state index contributed by atoms with van der Waals surface area (Å²) in [6.45, 7) is 6.75. The summed E-state index contributed by atoms with van der Waals surface area (Å²) in [6, 6.07) is 9.19. The molecule has 37 heavy (non-hydrogen) atoms. The van der Waals surface area contributed by atoms with Gasteiger partial charge in [-0.05, 0) is 67.8 Å². The first-order chi connectivity index (χ1) is 17.8. The van der Waals surface area contributed by atoms with E-state index in [4.69, 9.17) is 9.47 Å². The maximum absolute atomic E-state index is 12.5. The third kappa shape index (κ3) is 7.36. The third-order valence-corrected chi connectivity index (χ3v) is 7.52. The number of ether oxygens (including phenoxy) is 2. The Morgan fingerprint density at radius 2 is 1.84 bits per heavy atom. The smallest absolute Gasteiger partial charge is 0.244 e. The van der Waals surface area contributed by atoms with Crippen LogP contribution in [0.2, 0.25) is 0 Å². The van der Waals surface area contributed by atoms with Crippen molar-refractivity contribution in [2.24, 2.45) is 0 Å². The standard InChI is InChI=1S/C26H30BrN5O4S/c1-6-32-23(14-28-24(33)12-8-18-7-11-21(35-4)22(13-18)36-5)30-31-26(32)37-15-25(34)29-20-10-9-19(27)16(2)17(20)3/h7-13H,6,14-15H2,1-5H3,(H,28,33)(H,29,34). The molecule has 0 aliphatic heterocycles.